The van der Waals surface area contributed by atoms with Gasteiger partial charge in [-0.05, 0) is 77.1 Å². The van der Waals surface area contributed by atoms with Crippen molar-refractivity contribution in [3.8, 4) is 22.3 Å². The Bertz CT molecular complexity index is 1680. The average Bonchev–Trinajstić information content (AvgIpc) is 3.70. The minimum absolute atomic E-state index is 0.0121. The molecule has 1 saturated carbocycles. The summed E-state index contributed by atoms with van der Waals surface area (Å²) in [5, 5.41) is 10.6. The number of aldehydes is 1. The predicted octanol–water partition coefficient (Wildman–Crippen LogP) is 6.43. The highest BCUT2D eigenvalue weighted by Crippen LogP contribution is 2.65. The average molecular weight is 565 g/mol. The van der Waals surface area contributed by atoms with Crippen LogP contribution < -0.4 is 11.1 Å². The first-order chi connectivity index (χ1) is 19.9. The first-order valence-corrected chi connectivity index (χ1v) is 13.4. The summed E-state index contributed by atoms with van der Waals surface area (Å²) in [6, 6.07) is 25.8. The molecule has 4 aromatic carbocycles. The van der Waals surface area contributed by atoms with Crippen LogP contribution in [0.2, 0.25) is 5.02 Å². The molecule has 2 atom stereocenters. The lowest BCUT2D eigenvalue weighted by atomic mass is 9.89. The molecule has 1 aliphatic carbocycles. The second kappa shape index (κ2) is 11.5. The monoisotopic (exact) mass is 564 g/mol. The lowest BCUT2D eigenvalue weighted by Crippen LogP contribution is -2.21. The number of carbonyl (C=O) groups is 2. The number of aliphatic imine (C=N–C) groups is 2. The van der Waals surface area contributed by atoms with Crippen LogP contribution >= 0.6 is 11.6 Å². The normalized spacial score (nSPS) is 18.7. The standard InChI is InChI=1S/C32H25ClN4O2.CH4O/c1-19-2-3-23(12-24(19)16-38)28-15-32(28)27-13-26(29(33)14-30(27)37-31(32)39)22-6-4-20(5-7-22)21-8-10-25(11-9-21)36-18-35-17-34;1-2/h2-14,16-18,28H,15H2,1H3,(H,37,39)(H2,34,35,36);2H,1H3. The molecule has 1 fully saturated rings. The number of nitrogens with one attached hydrogen (secondary N) is 1. The van der Waals surface area contributed by atoms with Crippen molar-refractivity contribution < 1.29 is 14.7 Å². The quantitative estimate of drug-likeness (QED) is 0.142. The number of aliphatic hydroxyl groups is 1. The Morgan fingerprint density at radius 2 is 1.63 bits per heavy atom. The van der Waals surface area contributed by atoms with E-state index in [1.54, 1.807) is 0 Å². The molecule has 0 aromatic heterocycles. The summed E-state index contributed by atoms with van der Waals surface area (Å²) in [4.78, 5) is 32.7. The first kappa shape index (κ1) is 28.0. The van der Waals surface area contributed by atoms with E-state index in [9.17, 15) is 9.59 Å². The number of halogens is 1. The van der Waals surface area contributed by atoms with Crippen LogP contribution in [0.5, 0.6) is 0 Å². The molecule has 2 aliphatic rings. The van der Waals surface area contributed by atoms with Gasteiger partial charge in [0.2, 0.25) is 5.91 Å². The largest absolute Gasteiger partial charge is 0.400 e. The van der Waals surface area contributed by atoms with Gasteiger partial charge in [0.15, 0.2) is 0 Å². The molecule has 0 radical (unpaired) electrons. The van der Waals surface area contributed by atoms with Crippen LogP contribution in [0.25, 0.3) is 22.3 Å². The van der Waals surface area contributed by atoms with Crippen molar-refractivity contribution in [2.75, 3.05) is 12.4 Å². The van der Waals surface area contributed by atoms with Gasteiger partial charge in [0.25, 0.3) is 0 Å². The van der Waals surface area contributed by atoms with Gasteiger partial charge in [0, 0.05) is 29.8 Å². The molecule has 4 N–H and O–H groups in total. The third-order valence-electron chi connectivity index (χ3n) is 7.79. The predicted molar refractivity (Wildman–Crippen MR) is 166 cm³/mol. The van der Waals surface area contributed by atoms with Crippen molar-refractivity contribution in [3.63, 3.8) is 0 Å². The van der Waals surface area contributed by atoms with E-state index in [1.165, 1.54) is 12.7 Å². The maximum atomic E-state index is 13.2. The van der Waals surface area contributed by atoms with Gasteiger partial charge in [-0.15, -0.1) is 0 Å². The molecule has 6 rings (SSSR count). The minimum atomic E-state index is -0.635. The van der Waals surface area contributed by atoms with Crippen LogP contribution in [0.15, 0.2) is 88.8 Å². The molecule has 1 aliphatic heterocycles. The van der Waals surface area contributed by atoms with Crippen molar-refractivity contribution in [2.45, 2.75) is 24.7 Å². The third kappa shape index (κ3) is 5.06. The van der Waals surface area contributed by atoms with Gasteiger partial charge in [0.05, 0.1) is 22.5 Å². The molecule has 4 aromatic rings. The number of benzene rings is 4. The highest BCUT2D eigenvalue weighted by Gasteiger charge is 2.65. The maximum Gasteiger partial charge on any atom is 0.235 e. The molecule has 206 valence electrons. The second-order valence-electron chi connectivity index (χ2n) is 9.96. The van der Waals surface area contributed by atoms with Crippen LogP contribution in [-0.2, 0) is 10.2 Å². The number of fused-ring (bicyclic) bond motifs is 2. The Labute approximate surface area is 243 Å². The van der Waals surface area contributed by atoms with Gasteiger partial charge in [-0.1, -0.05) is 60.1 Å². The minimum Gasteiger partial charge on any atom is -0.400 e. The number of amides is 1. The van der Waals surface area contributed by atoms with Gasteiger partial charge in [-0.3, -0.25) is 9.59 Å². The summed E-state index contributed by atoms with van der Waals surface area (Å²) in [6.45, 7) is 1.91. The number of anilines is 1. The Morgan fingerprint density at radius 3 is 2.29 bits per heavy atom. The number of aliphatic hydroxyl groups excluding tert-OH is 1. The Hall–Kier alpha value is -4.59. The topological polar surface area (TPSA) is 117 Å². The highest BCUT2D eigenvalue weighted by molar-refractivity contribution is 6.34. The molecule has 7 nitrogen and oxygen atoms in total. The number of rotatable bonds is 6. The van der Waals surface area contributed by atoms with Gasteiger partial charge in [0.1, 0.15) is 12.6 Å². The van der Waals surface area contributed by atoms with E-state index in [2.05, 4.69) is 33.5 Å². The Morgan fingerprint density at radius 1 is 0.976 bits per heavy atom. The van der Waals surface area contributed by atoms with Crippen molar-refractivity contribution in [1.82, 2.24) is 0 Å². The molecule has 1 heterocycles. The van der Waals surface area contributed by atoms with Crippen LogP contribution in [0.3, 0.4) is 0 Å². The van der Waals surface area contributed by atoms with Crippen molar-refractivity contribution >= 4 is 47.8 Å². The lowest BCUT2D eigenvalue weighted by Gasteiger charge is -2.13. The zero-order chi connectivity index (χ0) is 29.1. The number of hydrogen-bond donors (Lipinski definition) is 3. The van der Waals surface area contributed by atoms with Crippen LogP contribution in [0.1, 0.15) is 39.4 Å². The maximum absolute atomic E-state index is 13.2. The van der Waals surface area contributed by atoms with E-state index < -0.39 is 5.41 Å². The number of nitrogens with zero attached hydrogens (tertiary/aromatic N) is 2. The molecular formula is C33H29ClN4O3. The molecule has 1 spiro atoms. The molecule has 41 heavy (non-hydrogen) atoms. The van der Waals surface area contributed by atoms with Crippen molar-refractivity contribution in [3.05, 3.63) is 106 Å². The highest BCUT2D eigenvalue weighted by atomic mass is 35.5. The molecule has 0 bridgehead atoms. The van der Waals surface area contributed by atoms with Crippen LogP contribution in [-0.4, -0.2) is 37.1 Å². The summed E-state index contributed by atoms with van der Waals surface area (Å²) >= 11 is 6.72. The van der Waals surface area contributed by atoms with Gasteiger partial charge >= 0.3 is 0 Å². The van der Waals surface area contributed by atoms with E-state index >= 15 is 0 Å². The SMILES string of the molecule is CO.Cc1ccc(C2CC23C(=O)Nc2cc(Cl)c(-c4ccc(-c5ccc(N=CN=CN)cc5)cc4)cc23)cc1C=O. The van der Waals surface area contributed by atoms with Gasteiger partial charge in [-0.2, -0.15) is 0 Å². The van der Waals surface area contributed by atoms with E-state index in [-0.39, 0.29) is 11.8 Å². The summed E-state index contributed by atoms with van der Waals surface area (Å²) in [5.41, 5.74) is 13.7. The van der Waals surface area contributed by atoms with Crippen LogP contribution in [0, 0.1) is 6.92 Å². The number of hydrogen-bond acceptors (Lipinski definition) is 4. The Balaban J connectivity index is 0.00000165. The van der Waals surface area contributed by atoms with Gasteiger partial charge in [-0.25, -0.2) is 9.98 Å². The smallest absolute Gasteiger partial charge is 0.235 e. The van der Waals surface area contributed by atoms with E-state index in [0.717, 1.165) is 63.7 Å². The summed E-state index contributed by atoms with van der Waals surface area (Å²) in [5.74, 6) is 0.00534. The summed E-state index contributed by atoms with van der Waals surface area (Å²) < 4.78 is 0. The summed E-state index contributed by atoms with van der Waals surface area (Å²) in [7, 11) is 1.00. The fourth-order valence-corrected chi connectivity index (χ4v) is 5.83. The van der Waals surface area contributed by atoms with E-state index in [0.29, 0.717) is 17.0 Å². The summed E-state index contributed by atoms with van der Waals surface area (Å²) in [6.07, 6.45) is 4.17. The van der Waals surface area contributed by atoms with E-state index in [4.69, 9.17) is 22.4 Å². The molecule has 8 heteroatoms. The van der Waals surface area contributed by atoms with Crippen LogP contribution in [0.4, 0.5) is 11.4 Å². The fourth-order valence-electron chi connectivity index (χ4n) is 5.56. The number of nitrogens with two attached hydrogens (primary N) is 1. The molecular weight excluding hydrogens is 536 g/mol. The van der Waals surface area contributed by atoms with E-state index in [1.807, 2.05) is 67.6 Å². The molecule has 0 saturated heterocycles. The van der Waals surface area contributed by atoms with Crippen molar-refractivity contribution in [1.29, 1.82) is 0 Å². The lowest BCUT2D eigenvalue weighted by molar-refractivity contribution is -0.118. The van der Waals surface area contributed by atoms with Crippen molar-refractivity contribution in [2.24, 2.45) is 15.7 Å². The Kier molecular flexibility index (Phi) is 7.83. The third-order valence-corrected chi connectivity index (χ3v) is 8.10. The second-order valence-corrected chi connectivity index (χ2v) is 10.4. The molecule has 1 amide bonds. The zero-order valence-electron chi connectivity index (χ0n) is 22.6. The zero-order valence-corrected chi connectivity index (χ0v) is 23.4. The fraction of sp³-hybridized carbons (Fsp3) is 0.152. The number of carbonyl (C=O) groups excluding carboxylic acids is 2. The number of aryl methyl sites for hydroxylation is 1. The molecule has 2 unspecified atom stereocenters. The first-order valence-electron chi connectivity index (χ1n) is 13.1. The van der Waals surface area contributed by atoms with Gasteiger partial charge < -0.3 is 16.2 Å².